The number of carbonyl (C=O) groups excluding carboxylic acids is 1. The monoisotopic (exact) mass is 280 g/mol. The minimum absolute atomic E-state index is 0.00684. The van der Waals surface area contributed by atoms with Crippen molar-refractivity contribution >= 4 is 17.3 Å². The lowest BCUT2D eigenvalue weighted by Gasteiger charge is -2.21. The van der Waals surface area contributed by atoms with Gasteiger partial charge in [0.1, 0.15) is 0 Å². The Labute approximate surface area is 117 Å². The van der Waals surface area contributed by atoms with Gasteiger partial charge >= 0.3 is 0 Å². The molecule has 1 aromatic carbocycles. The zero-order chi connectivity index (χ0) is 15.3. The van der Waals surface area contributed by atoms with E-state index >= 15 is 0 Å². The van der Waals surface area contributed by atoms with Gasteiger partial charge in [-0.1, -0.05) is 20.8 Å². The Morgan fingerprint density at radius 3 is 2.55 bits per heavy atom. The molecule has 0 radical (unpaired) electrons. The average molecular weight is 280 g/mol. The molecule has 1 atom stereocenters. The van der Waals surface area contributed by atoms with Crippen molar-refractivity contribution in [1.29, 1.82) is 0 Å². The standard InChI is InChI=1S/C13H20N4O3/c1-4-11(8(2)3)15-13(18)10-7-9(17(19)20)5-6-12(10)16-14/h5-8,11,16H,4,14H2,1-3H3,(H,15,18). The number of nitro groups is 1. The number of nitrogens with zero attached hydrogens (tertiary/aromatic N) is 1. The maximum absolute atomic E-state index is 12.2. The van der Waals surface area contributed by atoms with Gasteiger partial charge in [0, 0.05) is 18.2 Å². The van der Waals surface area contributed by atoms with Gasteiger partial charge in [-0.05, 0) is 18.4 Å². The van der Waals surface area contributed by atoms with Gasteiger partial charge in [-0.3, -0.25) is 20.8 Å². The van der Waals surface area contributed by atoms with Crippen molar-refractivity contribution in [2.24, 2.45) is 11.8 Å². The zero-order valence-electron chi connectivity index (χ0n) is 11.8. The van der Waals surface area contributed by atoms with Gasteiger partial charge in [-0.2, -0.15) is 0 Å². The van der Waals surface area contributed by atoms with E-state index in [0.717, 1.165) is 6.42 Å². The summed E-state index contributed by atoms with van der Waals surface area (Å²) < 4.78 is 0. The van der Waals surface area contributed by atoms with Crippen LogP contribution in [0.2, 0.25) is 0 Å². The predicted octanol–water partition coefficient (Wildman–Crippen LogP) is 2.04. The molecule has 0 saturated heterocycles. The highest BCUT2D eigenvalue weighted by atomic mass is 16.6. The van der Waals surface area contributed by atoms with E-state index < -0.39 is 4.92 Å². The van der Waals surface area contributed by atoms with E-state index in [4.69, 9.17) is 5.84 Å². The number of nitrogens with two attached hydrogens (primary N) is 1. The van der Waals surface area contributed by atoms with Crippen LogP contribution in [0.4, 0.5) is 11.4 Å². The SMILES string of the molecule is CCC(NC(=O)c1cc([N+](=O)[O-])ccc1NN)C(C)C. The van der Waals surface area contributed by atoms with Gasteiger partial charge < -0.3 is 10.7 Å². The molecule has 20 heavy (non-hydrogen) atoms. The minimum atomic E-state index is -0.545. The smallest absolute Gasteiger partial charge is 0.270 e. The fourth-order valence-electron chi connectivity index (χ4n) is 1.95. The quantitative estimate of drug-likeness (QED) is 0.419. The van der Waals surface area contributed by atoms with Crippen LogP contribution in [0.3, 0.4) is 0 Å². The number of nitro benzene ring substituents is 1. The second-order valence-electron chi connectivity index (χ2n) is 4.86. The average Bonchev–Trinajstić information content (AvgIpc) is 2.43. The molecule has 1 unspecified atom stereocenters. The highest BCUT2D eigenvalue weighted by Gasteiger charge is 2.20. The van der Waals surface area contributed by atoms with Crippen LogP contribution in [0, 0.1) is 16.0 Å². The van der Waals surface area contributed by atoms with Crippen LogP contribution >= 0.6 is 0 Å². The van der Waals surface area contributed by atoms with Crippen LogP contribution in [0.1, 0.15) is 37.6 Å². The van der Waals surface area contributed by atoms with E-state index in [1.807, 2.05) is 20.8 Å². The third-order valence-electron chi connectivity index (χ3n) is 3.18. The molecule has 4 N–H and O–H groups in total. The molecular weight excluding hydrogens is 260 g/mol. The molecule has 0 spiro atoms. The molecule has 110 valence electrons. The molecule has 0 aliphatic rings. The topological polar surface area (TPSA) is 110 Å². The fourth-order valence-corrected chi connectivity index (χ4v) is 1.95. The summed E-state index contributed by atoms with van der Waals surface area (Å²) in [6.45, 7) is 5.98. The van der Waals surface area contributed by atoms with Crippen LogP contribution in [0.5, 0.6) is 0 Å². The van der Waals surface area contributed by atoms with Gasteiger partial charge in [0.15, 0.2) is 0 Å². The van der Waals surface area contributed by atoms with Crippen molar-refractivity contribution in [3.63, 3.8) is 0 Å². The summed E-state index contributed by atoms with van der Waals surface area (Å²) in [5.41, 5.74) is 2.75. The maximum atomic E-state index is 12.2. The molecule has 0 heterocycles. The molecule has 7 nitrogen and oxygen atoms in total. The highest BCUT2D eigenvalue weighted by molar-refractivity contribution is 6.00. The van der Waals surface area contributed by atoms with Gasteiger partial charge in [-0.15, -0.1) is 0 Å². The molecule has 1 rings (SSSR count). The predicted molar refractivity (Wildman–Crippen MR) is 77.3 cm³/mol. The van der Waals surface area contributed by atoms with E-state index in [2.05, 4.69) is 10.7 Å². The number of hydrogen-bond acceptors (Lipinski definition) is 5. The molecule has 1 amide bonds. The van der Waals surface area contributed by atoms with E-state index in [0.29, 0.717) is 5.69 Å². The summed E-state index contributed by atoms with van der Waals surface area (Å²) in [5, 5.41) is 13.7. The third-order valence-corrected chi connectivity index (χ3v) is 3.18. The van der Waals surface area contributed by atoms with Gasteiger partial charge in [-0.25, -0.2) is 0 Å². The Hall–Kier alpha value is -2.15. The zero-order valence-corrected chi connectivity index (χ0v) is 11.8. The first-order chi connectivity index (χ1) is 9.40. The van der Waals surface area contributed by atoms with Crippen LogP contribution in [0.15, 0.2) is 18.2 Å². The normalized spacial score (nSPS) is 12.1. The lowest BCUT2D eigenvalue weighted by Crippen LogP contribution is -2.38. The van der Waals surface area contributed by atoms with Gasteiger partial charge in [0.25, 0.3) is 11.6 Å². The van der Waals surface area contributed by atoms with E-state index in [-0.39, 0.29) is 29.1 Å². The molecule has 0 bridgehead atoms. The number of hydrazine groups is 1. The van der Waals surface area contributed by atoms with Crippen LogP contribution in [-0.2, 0) is 0 Å². The summed E-state index contributed by atoms with van der Waals surface area (Å²) in [4.78, 5) is 22.5. The van der Waals surface area contributed by atoms with Crippen molar-refractivity contribution in [2.45, 2.75) is 33.2 Å². The number of non-ortho nitro benzene ring substituents is 1. The molecule has 7 heteroatoms. The number of carbonyl (C=O) groups is 1. The summed E-state index contributed by atoms with van der Waals surface area (Å²) in [7, 11) is 0. The highest BCUT2D eigenvalue weighted by Crippen LogP contribution is 2.22. The maximum Gasteiger partial charge on any atom is 0.270 e. The largest absolute Gasteiger partial charge is 0.349 e. The molecule has 0 fully saturated rings. The minimum Gasteiger partial charge on any atom is -0.349 e. The number of anilines is 1. The van der Waals surface area contributed by atoms with Crippen molar-refractivity contribution < 1.29 is 9.72 Å². The Bertz CT molecular complexity index is 502. The first-order valence-electron chi connectivity index (χ1n) is 6.46. The second kappa shape index (κ2) is 6.85. The Morgan fingerprint density at radius 2 is 2.10 bits per heavy atom. The van der Waals surface area contributed by atoms with Crippen LogP contribution < -0.4 is 16.6 Å². The number of hydrogen-bond donors (Lipinski definition) is 3. The van der Waals surface area contributed by atoms with Crippen LogP contribution in [0.25, 0.3) is 0 Å². The van der Waals surface area contributed by atoms with Gasteiger partial charge in [0.2, 0.25) is 0 Å². The lowest BCUT2D eigenvalue weighted by atomic mass is 10.0. The molecule has 0 aliphatic heterocycles. The lowest BCUT2D eigenvalue weighted by molar-refractivity contribution is -0.384. The number of rotatable bonds is 6. The molecular formula is C13H20N4O3. The van der Waals surface area contributed by atoms with Crippen molar-refractivity contribution in [1.82, 2.24) is 5.32 Å². The fraction of sp³-hybridized carbons (Fsp3) is 0.462. The first kappa shape index (κ1) is 15.9. The summed E-state index contributed by atoms with van der Waals surface area (Å²) >= 11 is 0. The Balaban J connectivity index is 3.06. The molecule has 0 aromatic heterocycles. The molecule has 1 aromatic rings. The first-order valence-corrected chi connectivity index (χ1v) is 6.46. The summed E-state index contributed by atoms with van der Waals surface area (Å²) in [6, 6.07) is 3.94. The van der Waals surface area contributed by atoms with Crippen molar-refractivity contribution in [2.75, 3.05) is 5.43 Å². The van der Waals surface area contributed by atoms with Crippen molar-refractivity contribution in [3.8, 4) is 0 Å². The van der Waals surface area contributed by atoms with E-state index in [1.165, 1.54) is 18.2 Å². The number of amides is 1. The molecule has 0 saturated carbocycles. The summed E-state index contributed by atoms with van der Waals surface area (Å²) in [5.74, 6) is 5.24. The third kappa shape index (κ3) is 3.67. The van der Waals surface area contributed by atoms with E-state index in [1.54, 1.807) is 0 Å². The van der Waals surface area contributed by atoms with Gasteiger partial charge in [0.05, 0.1) is 16.2 Å². The number of nitrogen functional groups attached to an aromatic ring is 1. The number of benzene rings is 1. The van der Waals surface area contributed by atoms with Crippen LogP contribution in [-0.4, -0.2) is 16.9 Å². The molecule has 0 aliphatic carbocycles. The number of nitrogens with one attached hydrogen (secondary N) is 2. The Morgan fingerprint density at radius 1 is 1.45 bits per heavy atom. The Kier molecular flexibility index (Phi) is 5.45. The van der Waals surface area contributed by atoms with E-state index in [9.17, 15) is 14.9 Å². The van der Waals surface area contributed by atoms with Crippen molar-refractivity contribution in [3.05, 3.63) is 33.9 Å². The second-order valence-corrected chi connectivity index (χ2v) is 4.86. The summed E-state index contributed by atoms with van der Waals surface area (Å²) in [6.07, 6.45) is 0.781.